The molecule has 1 aliphatic heterocycles. The van der Waals surface area contributed by atoms with Crippen LogP contribution in [0.3, 0.4) is 0 Å². The Morgan fingerprint density at radius 3 is 2.85 bits per heavy atom. The van der Waals surface area contributed by atoms with Gasteiger partial charge < -0.3 is 18.8 Å². The summed E-state index contributed by atoms with van der Waals surface area (Å²) in [6.45, 7) is 4.17. The fourth-order valence-corrected chi connectivity index (χ4v) is 3.20. The lowest BCUT2D eigenvalue weighted by molar-refractivity contribution is -0.137. The van der Waals surface area contributed by atoms with Crippen molar-refractivity contribution in [3.05, 3.63) is 47.0 Å². The van der Waals surface area contributed by atoms with Crippen LogP contribution < -0.4 is 4.74 Å². The van der Waals surface area contributed by atoms with Gasteiger partial charge in [-0.15, -0.1) is 0 Å². The highest BCUT2D eigenvalue weighted by molar-refractivity contribution is 6.30. The quantitative estimate of drug-likeness (QED) is 0.684. The van der Waals surface area contributed by atoms with Crippen LogP contribution in [0.4, 0.5) is 0 Å². The number of aryl methyl sites for hydroxylation is 1. The number of ether oxygens (including phenoxy) is 2. The average Bonchev–Trinajstić information content (AvgIpc) is 3.12. The van der Waals surface area contributed by atoms with Crippen molar-refractivity contribution in [3.8, 4) is 17.2 Å². The molecule has 140 valence electrons. The molecule has 0 aliphatic carbocycles. The third kappa shape index (κ3) is 3.77. The lowest BCUT2D eigenvalue weighted by atomic mass is 10.2. The number of benzene rings is 2. The summed E-state index contributed by atoms with van der Waals surface area (Å²) in [5.41, 5.74) is 3.19. The van der Waals surface area contributed by atoms with E-state index in [0.29, 0.717) is 54.1 Å². The Bertz CT molecular complexity index is 979. The number of morpholine rings is 1. The molecule has 0 bridgehead atoms. The number of halogens is 1. The van der Waals surface area contributed by atoms with Gasteiger partial charge in [0.25, 0.3) is 5.91 Å². The molecule has 6 nitrogen and oxygen atoms in total. The number of oxazole rings is 1. The number of hydrogen-bond acceptors (Lipinski definition) is 5. The van der Waals surface area contributed by atoms with E-state index in [1.54, 1.807) is 23.1 Å². The van der Waals surface area contributed by atoms with Crippen LogP contribution in [0, 0.1) is 6.92 Å². The highest BCUT2D eigenvalue weighted by Gasteiger charge is 2.19. The maximum absolute atomic E-state index is 12.4. The predicted molar refractivity (Wildman–Crippen MR) is 102 cm³/mol. The number of para-hydroxylation sites is 1. The maximum Gasteiger partial charge on any atom is 0.260 e. The minimum Gasteiger partial charge on any atom is -0.483 e. The van der Waals surface area contributed by atoms with E-state index in [9.17, 15) is 4.79 Å². The summed E-state index contributed by atoms with van der Waals surface area (Å²) < 4.78 is 17.0. The first-order valence-corrected chi connectivity index (χ1v) is 9.14. The first kappa shape index (κ1) is 17.8. The molecule has 0 unspecified atom stereocenters. The fraction of sp³-hybridized carbons (Fsp3) is 0.300. The van der Waals surface area contributed by atoms with Gasteiger partial charge in [-0.1, -0.05) is 23.7 Å². The molecular weight excluding hydrogens is 368 g/mol. The van der Waals surface area contributed by atoms with E-state index in [-0.39, 0.29) is 12.5 Å². The number of aromatic nitrogens is 1. The molecule has 1 fully saturated rings. The van der Waals surface area contributed by atoms with Gasteiger partial charge in [0.15, 0.2) is 12.2 Å². The van der Waals surface area contributed by atoms with E-state index >= 15 is 0 Å². The summed E-state index contributed by atoms with van der Waals surface area (Å²) in [7, 11) is 0. The number of carbonyl (C=O) groups excluding carboxylic acids is 1. The Labute approximate surface area is 161 Å². The second-order valence-corrected chi connectivity index (χ2v) is 6.80. The molecule has 1 aliphatic rings. The average molecular weight is 387 g/mol. The minimum absolute atomic E-state index is 0.0768. The van der Waals surface area contributed by atoms with Crippen LogP contribution in [-0.4, -0.2) is 48.7 Å². The Hall–Kier alpha value is -2.57. The molecule has 4 rings (SSSR count). The Balaban J connectivity index is 1.60. The standard InChI is InChI=1S/C20H19ClN2O4/c1-13-3-2-4-16-19(13)22-20(27-16)15-6-5-14(21)11-17(15)26-12-18(24)23-7-9-25-10-8-23/h2-6,11H,7-10,12H2,1H3. The number of carbonyl (C=O) groups is 1. The highest BCUT2D eigenvalue weighted by atomic mass is 35.5. The molecule has 2 aromatic carbocycles. The molecule has 2 heterocycles. The lowest BCUT2D eigenvalue weighted by Gasteiger charge is -2.26. The summed E-state index contributed by atoms with van der Waals surface area (Å²) in [6.07, 6.45) is 0. The van der Waals surface area contributed by atoms with Gasteiger partial charge in [-0.05, 0) is 36.8 Å². The highest BCUT2D eigenvalue weighted by Crippen LogP contribution is 2.34. The Kier molecular flexibility index (Phi) is 5.01. The van der Waals surface area contributed by atoms with Gasteiger partial charge in [-0.3, -0.25) is 4.79 Å². The van der Waals surface area contributed by atoms with E-state index in [1.165, 1.54) is 0 Å². The van der Waals surface area contributed by atoms with Gasteiger partial charge >= 0.3 is 0 Å². The van der Waals surface area contributed by atoms with Gasteiger partial charge in [0.2, 0.25) is 5.89 Å². The summed E-state index contributed by atoms with van der Waals surface area (Å²) in [5.74, 6) is 0.816. The van der Waals surface area contributed by atoms with Crippen molar-refractivity contribution in [2.45, 2.75) is 6.92 Å². The normalized spacial score (nSPS) is 14.5. The first-order valence-electron chi connectivity index (χ1n) is 8.76. The van der Waals surface area contributed by atoms with Gasteiger partial charge in [0, 0.05) is 18.1 Å². The molecular formula is C20H19ClN2O4. The van der Waals surface area contributed by atoms with Crippen molar-refractivity contribution in [1.82, 2.24) is 9.88 Å². The molecule has 0 spiro atoms. The molecule has 1 amide bonds. The van der Waals surface area contributed by atoms with Gasteiger partial charge in [0.1, 0.15) is 11.3 Å². The molecule has 7 heteroatoms. The molecule has 1 aromatic heterocycles. The van der Waals surface area contributed by atoms with Crippen LogP contribution in [0.5, 0.6) is 5.75 Å². The summed E-state index contributed by atoms with van der Waals surface area (Å²) in [5, 5.41) is 0.514. The monoisotopic (exact) mass is 386 g/mol. The summed E-state index contributed by atoms with van der Waals surface area (Å²) >= 11 is 6.13. The van der Waals surface area contributed by atoms with Gasteiger partial charge in [0.05, 0.1) is 18.8 Å². The van der Waals surface area contributed by atoms with Crippen molar-refractivity contribution in [1.29, 1.82) is 0 Å². The van der Waals surface area contributed by atoms with Gasteiger partial charge in [-0.25, -0.2) is 4.98 Å². The van der Waals surface area contributed by atoms with Crippen molar-refractivity contribution < 1.29 is 18.7 Å². The Morgan fingerprint density at radius 2 is 2.07 bits per heavy atom. The van der Waals surface area contributed by atoms with Crippen molar-refractivity contribution in [2.24, 2.45) is 0 Å². The summed E-state index contributed by atoms with van der Waals surface area (Å²) in [6, 6.07) is 11.0. The fourth-order valence-electron chi connectivity index (χ4n) is 3.04. The van der Waals surface area contributed by atoms with Crippen LogP contribution in [0.25, 0.3) is 22.6 Å². The molecule has 1 saturated heterocycles. The van der Waals surface area contributed by atoms with E-state index in [2.05, 4.69) is 4.98 Å². The zero-order valence-corrected chi connectivity index (χ0v) is 15.7. The van der Waals surface area contributed by atoms with E-state index < -0.39 is 0 Å². The first-order chi connectivity index (χ1) is 13.1. The van der Waals surface area contributed by atoms with E-state index in [1.807, 2.05) is 25.1 Å². The van der Waals surface area contributed by atoms with Crippen molar-refractivity contribution >= 4 is 28.6 Å². The molecule has 0 atom stereocenters. The maximum atomic E-state index is 12.4. The SMILES string of the molecule is Cc1cccc2oc(-c3ccc(Cl)cc3OCC(=O)N3CCOCC3)nc12. The molecule has 27 heavy (non-hydrogen) atoms. The van der Waals surface area contributed by atoms with Crippen LogP contribution in [0.1, 0.15) is 5.56 Å². The number of rotatable bonds is 4. The zero-order valence-electron chi connectivity index (χ0n) is 14.9. The number of fused-ring (bicyclic) bond motifs is 1. The summed E-state index contributed by atoms with van der Waals surface area (Å²) in [4.78, 5) is 18.7. The molecule has 0 N–H and O–H groups in total. The Morgan fingerprint density at radius 1 is 1.26 bits per heavy atom. The largest absolute Gasteiger partial charge is 0.483 e. The molecule has 0 saturated carbocycles. The van der Waals surface area contributed by atoms with E-state index in [0.717, 1.165) is 11.1 Å². The van der Waals surface area contributed by atoms with E-state index in [4.69, 9.17) is 25.5 Å². The van der Waals surface area contributed by atoms with Crippen molar-refractivity contribution in [2.75, 3.05) is 32.9 Å². The second kappa shape index (κ2) is 7.58. The smallest absolute Gasteiger partial charge is 0.260 e. The van der Waals surface area contributed by atoms with Crippen molar-refractivity contribution in [3.63, 3.8) is 0 Å². The van der Waals surface area contributed by atoms with Crippen LogP contribution in [-0.2, 0) is 9.53 Å². The zero-order chi connectivity index (χ0) is 18.8. The third-order valence-corrected chi connectivity index (χ3v) is 4.74. The third-order valence-electron chi connectivity index (χ3n) is 4.51. The minimum atomic E-state index is -0.0855. The number of hydrogen-bond donors (Lipinski definition) is 0. The second-order valence-electron chi connectivity index (χ2n) is 6.36. The van der Waals surface area contributed by atoms with Crippen LogP contribution >= 0.6 is 11.6 Å². The van der Waals surface area contributed by atoms with Gasteiger partial charge in [-0.2, -0.15) is 0 Å². The molecule has 3 aromatic rings. The number of amides is 1. The molecule has 0 radical (unpaired) electrons. The van der Waals surface area contributed by atoms with Crippen LogP contribution in [0.2, 0.25) is 5.02 Å². The lowest BCUT2D eigenvalue weighted by Crippen LogP contribution is -2.43. The number of nitrogens with zero attached hydrogens (tertiary/aromatic N) is 2. The van der Waals surface area contributed by atoms with Crippen LogP contribution in [0.15, 0.2) is 40.8 Å². The predicted octanol–water partition coefficient (Wildman–Crippen LogP) is 3.69. The topological polar surface area (TPSA) is 64.8 Å².